The maximum absolute atomic E-state index is 5.65. The van der Waals surface area contributed by atoms with Gasteiger partial charge < -0.3 is 14.8 Å². The summed E-state index contributed by atoms with van der Waals surface area (Å²) in [7, 11) is 3.65. The highest BCUT2D eigenvalue weighted by Crippen LogP contribution is 2.33. The molecule has 1 fully saturated rings. The van der Waals surface area contributed by atoms with Crippen LogP contribution in [0.3, 0.4) is 0 Å². The van der Waals surface area contributed by atoms with E-state index in [1.165, 1.54) is 4.88 Å². The van der Waals surface area contributed by atoms with E-state index in [-0.39, 0.29) is 6.10 Å². The Balaban J connectivity index is 2.15. The van der Waals surface area contributed by atoms with Crippen LogP contribution in [0.2, 0.25) is 0 Å². The van der Waals surface area contributed by atoms with Gasteiger partial charge in [-0.05, 0) is 19.9 Å². The third-order valence-electron chi connectivity index (χ3n) is 2.62. The minimum absolute atomic E-state index is 0.214. The Kier molecular flexibility index (Phi) is 4.29. The Morgan fingerprint density at radius 3 is 3.12 bits per heavy atom. The molecule has 0 aromatic carbocycles. The number of hydrogen-bond donors (Lipinski definition) is 1. The minimum atomic E-state index is 0.214. The average molecular weight is 242 g/mol. The SMILES string of the molecule is CNCc1sc(C2CCCO2)nc1COC. The van der Waals surface area contributed by atoms with Crippen molar-refractivity contribution in [2.75, 3.05) is 20.8 Å². The van der Waals surface area contributed by atoms with Crippen LogP contribution in [0.15, 0.2) is 0 Å². The molecular weight excluding hydrogens is 224 g/mol. The summed E-state index contributed by atoms with van der Waals surface area (Å²) in [6.07, 6.45) is 2.45. The molecule has 90 valence electrons. The van der Waals surface area contributed by atoms with Crippen LogP contribution in [0, 0.1) is 0 Å². The molecule has 0 amide bonds. The van der Waals surface area contributed by atoms with Gasteiger partial charge in [-0.15, -0.1) is 11.3 Å². The van der Waals surface area contributed by atoms with Gasteiger partial charge in [0.15, 0.2) is 0 Å². The van der Waals surface area contributed by atoms with Crippen LogP contribution < -0.4 is 5.32 Å². The third-order valence-corrected chi connectivity index (χ3v) is 3.81. The molecule has 0 spiro atoms. The minimum Gasteiger partial charge on any atom is -0.378 e. The summed E-state index contributed by atoms with van der Waals surface area (Å²) in [6.45, 7) is 2.30. The Morgan fingerprint density at radius 2 is 2.50 bits per heavy atom. The van der Waals surface area contributed by atoms with E-state index in [1.807, 2.05) is 7.05 Å². The number of rotatable bonds is 5. The van der Waals surface area contributed by atoms with E-state index >= 15 is 0 Å². The lowest BCUT2D eigenvalue weighted by Gasteiger charge is -2.03. The van der Waals surface area contributed by atoms with Crippen molar-refractivity contribution in [3.63, 3.8) is 0 Å². The number of nitrogens with one attached hydrogen (secondary N) is 1. The first-order chi connectivity index (χ1) is 7.85. The lowest BCUT2D eigenvalue weighted by Crippen LogP contribution is -2.06. The van der Waals surface area contributed by atoms with Crippen LogP contribution in [0.1, 0.15) is 34.5 Å². The van der Waals surface area contributed by atoms with E-state index in [0.717, 1.165) is 36.7 Å². The van der Waals surface area contributed by atoms with E-state index < -0.39 is 0 Å². The fourth-order valence-corrected chi connectivity index (χ4v) is 3.03. The highest BCUT2D eigenvalue weighted by Gasteiger charge is 2.22. The van der Waals surface area contributed by atoms with Crippen molar-refractivity contribution in [2.24, 2.45) is 0 Å². The molecule has 4 nitrogen and oxygen atoms in total. The molecule has 1 unspecified atom stereocenters. The average Bonchev–Trinajstić information content (AvgIpc) is 2.89. The zero-order valence-electron chi connectivity index (χ0n) is 9.78. The first kappa shape index (κ1) is 12.0. The van der Waals surface area contributed by atoms with Gasteiger partial charge in [0.1, 0.15) is 11.1 Å². The molecule has 0 radical (unpaired) electrons. The molecule has 5 heteroatoms. The predicted octanol–water partition coefficient (Wildman–Crippen LogP) is 1.86. The number of thiazole rings is 1. The molecule has 0 saturated carbocycles. The quantitative estimate of drug-likeness (QED) is 0.856. The molecule has 2 rings (SSSR count). The van der Waals surface area contributed by atoms with Gasteiger partial charge in [0.2, 0.25) is 0 Å². The Hall–Kier alpha value is -0.490. The second-order valence-electron chi connectivity index (χ2n) is 3.89. The van der Waals surface area contributed by atoms with Gasteiger partial charge in [0, 0.05) is 25.1 Å². The molecule has 1 aromatic rings. The number of hydrogen-bond acceptors (Lipinski definition) is 5. The van der Waals surface area contributed by atoms with Crippen LogP contribution in [0.5, 0.6) is 0 Å². The summed E-state index contributed by atoms with van der Waals surface area (Å²) in [5.74, 6) is 0. The molecule has 2 heterocycles. The summed E-state index contributed by atoms with van der Waals surface area (Å²) in [6, 6.07) is 0. The molecule has 0 aliphatic carbocycles. The van der Waals surface area contributed by atoms with Gasteiger partial charge in [-0.3, -0.25) is 0 Å². The molecule has 16 heavy (non-hydrogen) atoms. The topological polar surface area (TPSA) is 43.4 Å². The summed E-state index contributed by atoms with van der Waals surface area (Å²) in [5, 5.41) is 4.27. The molecule has 1 aliphatic rings. The largest absolute Gasteiger partial charge is 0.378 e. The van der Waals surface area contributed by atoms with Crippen molar-refractivity contribution in [3.8, 4) is 0 Å². The molecule has 1 atom stereocenters. The molecule has 1 aromatic heterocycles. The standard InChI is InChI=1S/C11H18N2O2S/c1-12-6-10-8(7-14-2)13-11(16-10)9-4-3-5-15-9/h9,12H,3-7H2,1-2H3. The highest BCUT2D eigenvalue weighted by molar-refractivity contribution is 7.11. The predicted molar refractivity (Wildman–Crippen MR) is 63.5 cm³/mol. The number of methoxy groups -OCH3 is 1. The normalized spacial score (nSPS) is 20.5. The van der Waals surface area contributed by atoms with Crippen LogP contribution in [0.25, 0.3) is 0 Å². The number of nitrogens with zero attached hydrogens (tertiary/aromatic N) is 1. The summed E-state index contributed by atoms with van der Waals surface area (Å²) in [4.78, 5) is 5.89. The first-order valence-corrected chi connectivity index (χ1v) is 6.40. The lowest BCUT2D eigenvalue weighted by atomic mass is 10.2. The van der Waals surface area contributed by atoms with Gasteiger partial charge in [-0.25, -0.2) is 4.98 Å². The zero-order valence-corrected chi connectivity index (χ0v) is 10.6. The summed E-state index contributed by atoms with van der Waals surface area (Å²) >= 11 is 1.74. The Bertz CT molecular complexity index is 311. The molecule has 1 aliphatic heterocycles. The molecular formula is C11H18N2O2S. The fourth-order valence-electron chi connectivity index (χ4n) is 1.86. The molecule has 1 saturated heterocycles. The van der Waals surface area contributed by atoms with Crippen molar-refractivity contribution in [1.82, 2.24) is 10.3 Å². The smallest absolute Gasteiger partial charge is 0.122 e. The highest BCUT2D eigenvalue weighted by atomic mass is 32.1. The molecule has 0 bridgehead atoms. The van der Waals surface area contributed by atoms with Crippen LogP contribution in [-0.2, 0) is 22.6 Å². The summed E-state index contributed by atoms with van der Waals surface area (Å²) < 4.78 is 10.8. The zero-order chi connectivity index (χ0) is 11.4. The lowest BCUT2D eigenvalue weighted by molar-refractivity contribution is 0.111. The second-order valence-corrected chi connectivity index (χ2v) is 5.00. The van der Waals surface area contributed by atoms with Gasteiger partial charge in [0.25, 0.3) is 0 Å². The van der Waals surface area contributed by atoms with E-state index in [9.17, 15) is 0 Å². The third kappa shape index (κ3) is 2.60. The Morgan fingerprint density at radius 1 is 1.62 bits per heavy atom. The first-order valence-electron chi connectivity index (χ1n) is 5.58. The van der Waals surface area contributed by atoms with Crippen molar-refractivity contribution in [2.45, 2.75) is 32.1 Å². The number of ether oxygens (including phenoxy) is 2. The van der Waals surface area contributed by atoms with Crippen LogP contribution in [0.4, 0.5) is 0 Å². The van der Waals surface area contributed by atoms with Crippen molar-refractivity contribution < 1.29 is 9.47 Å². The second kappa shape index (κ2) is 5.72. The van der Waals surface area contributed by atoms with Gasteiger partial charge in [0.05, 0.1) is 12.3 Å². The van der Waals surface area contributed by atoms with E-state index in [1.54, 1.807) is 18.4 Å². The van der Waals surface area contributed by atoms with Crippen molar-refractivity contribution in [1.29, 1.82) is 0 Å². The van der Waals surface area contributed by atoms with Crippen LogP contribution >= 0.6 is 11.3 Å². The van der Waals surface area contributed by atoms with E-state index in [4.69, 9.17) is 9.47 Å². The van der Waals surface area contributed by atoms with Crippen molar-refractivity contribution in [3.05, 3.63) is 15.6 Å². The molecule has 1 N–H and O–H groups in total. The van der Waals surface area contributed by atoms with Crippen LogP contribution in [-0.4, -0.2) is 25.7 Å². The van der Waals surface area contributed by atoms with Crippen molar-refractivity contribution >= 4 is 11.3 Å². The number of aromatic nitrogens is 1. The van der Waals surface area contributed by atoms with Gasteiger partial charge in [-0.2, -0.15) is 0 Å². The monoisotopic (exact) mass is 242 g/mol. The van der Waals surface area contributed by atoms with E-state index in [2.05, 4.69) is 10.3 Å². The van der Waals surface area contributed by atoms with E-state index in [0.29, 0.717) is 6.61 Å². The fraction of sp³-hybridized carbons (Fsp3) is 0.727. The summed E-state index contributed by atoms with van der Waals surface area (Å²) in [5.41, 5.74) is 1.05. The Labute approximate surface area is 100.0 Å². The maximum atomic E-state index is 5.65. The van der Waals surface area contributed by atoms with Gasteiger partial charge in [-0.1, -0.05) is 0 Å². The van der Waals surface area contributed by atoms with Gasteiger partial charge >= 0.3 is 0 Å². The maximum Gasteiger partial charge on any atom is 0.122 e.